The standard InChI is InChI=1S/C17H26N2O/c1-4-8-19(16-6-5-7-18-12-16)17(20)15-10-13(2)9-14(3)11-15/h9-11,16,18H,4-8,12H2,1-3H3. The van der Waals surface area contributed by atoms with Crippen LogP contribution in [0.5, 0.6) is 0 Å². The highest BCUT2D eigenvalue weighted by Gasteiger charge is 2.25. The lowest BCUT2D eigenvalue weighted by Gasteiger charge is -2.34. The van der Waals surface area contributed by atoms with E-state index in [1.54, 1.807) is 0 Å². The highest BCUT2D eigenvalue weighted by molar-refractivity contribution is 5.94. The molecule has 1 heterocycles. The van der Waals surface area contributed by atoms with Crippen molar-refractivity contribution in [3.05, 3.63) is 34.9 Å². The third-order valence-electron chi connectivity index (χ3n) is 3.91. The Hall–Kier alpha value is -1.35. The van der Waals surface area contributed by atoms with Gasteiger partial charge in [0.1, 0.15) is 0 Å². The topological polar surface area (TPSA) is 32.3 Å². The number of piperidine rings is 1. The van der Waals surface area contributed by atoms with Crippen LogP contribution in [0, 0.1) is 13.8 Å². The first-order valence-corrected chi connectivity index (χ1v) is 7.71. The Kier molecular flexibility index (Phi) is 5.18. The molecule has 1 amide bonds. The molecule has 0 aliphatic carbocycles. The zero-order valence-corrected chi connectivity index (χ0v) is 12.9. The molecule has 0 aromatic heterocycles. The summed E-state index contributed by atoms with van der Waals surface area (Å²) in [6, 6.07) is 6.48. The van der Waals surface area contributed by atoms with Gasteiger partial charge in [-0.1, -0.05) is 24.1 Å². The highest BCUT2D eigenvalue weighted by atomic mass is 16.2. The van der Waals surface area contributed by atoms with Crippen LogP contribution in [0.3, 0.4) is 0 Å². The van der Waals surface area contributed by atoms with Crippen LogP contribution < -0.4 is 5.32 Å². The number of nitrogens with zero attached hydrogens (tertiary/aromatic N) is 1. The predicted octanol–water partition coefficient (Wildman–Crippen LogP) is 2.91. The quantitative estimate of drug-likeness (QED) is 0.915. The fraction of sp³-hybridized carbons (Fsp3) is 0.588. The van der Waals surface area contributed by atoms with Gasteiger partial charge in [0, 0.05) is 24.7 Å². The van der Waals surface area contributed by atoms with Gasteiger partial charge in [-0.2, -0.15) is 0 Å². The molecule has 1 aromatic carbocycles. The molecular weight excluding hydrogens is 248 g/mol. The van der Waals surface area contributed by atoms with E-state index in [4.69, 9.17) is 0 Å². The molecule has 0 radical (unpaired) electrons. The number of aryl methyl sites for hydroxylation is 2. The van der Waals surface area contributed by atoms with Gasteiger partial charge in [0.2, 0.25) is 0 Å². The fourth-order valence-electron chi connectivity index (χ4n) is 3.05. The average molecular weight is 274 g/mol. The number of hydrogen-bond donors (Lipinski definition) is 1. The summed E-state index contributed by atoms with van der Waals surface area (Å²) in [5, 5.41) is 3.41. The second-order valence-corrected chi connectivity index (χ2v) is 5.88. The van der Waals surface area contributed by atoms with Crippen molar-refractivity contribution in [3.8, 4) is 0 Å². The largest absolute Gasteiger partial charge is 0.334 e. The molecule has 1 aliphatic heterocycles. The smallest absolute Gasteiger partial charge is 0.254 e. The normalized spacial score (nSPS) is 18.9. The first-order chi connectivity index (χ1) is 9.61. The van der Waals surface area contributed by atoms with Crippen molar-refractivity contribution in [2.24, 2.45) is 0 Å². The molecule has 3 heteroatoms. The Morgan fingerprint density at radius 2 is 2.00 bits per heavy atom. The van der Waals surface area contributed by atoms with Gasteiger partial charge in [0.05, 0.1) is 0 Å². The Morgan fingerprint density at radius 1 is 1.30 bits per heavy atom. The van der Waals surface area contributed by atoms with Gasteiger partial charge >= 0.3 is 0 Å². The number of benzene rings is 1. The summed E-state index contributed by atoms with van der Waals surface area (Å²) in [5.74, 6) is 0.187. The van der Waals surface area contributed by atoms with Crippen LogP contribution in [-0.4, -0.2) is 36.5 Å². The van der Waals surface area contributed by atoms with Crippen molar-refractivity contribution in [1.29, 1.82) is 0 Å². The molecule has 2 rings (SSSR count). The molecule has 1 atom stereocenters. The van der Waals surface area contributed by atoms with E-state index >= 15 is 0 Å². The number of carbonyl (C=O) groups is 1. The molecule has 1 aliphatic rings. The first-order valence-electron chi connectivity index (χ1n) is 7.71. The van der Waals surface area contributed by atoms with Gasteiger partial charge in [-0.3, -0.25) is 4.79 Å². The van der Waals surface area contributed by atoms with Gasteiger partial charge in [-0.05, 0) is 51.8 Å². The lowest BCUT2D eigenvalue weighted by atomic mass is 10.0. The van der Waals surface area contributed by atoms with Crippen LogP contribution in [0.25, 0.3) is 0 Å². The molecule has 1 aromatic rings. The van der Waals surface area contributed by atoms with Gasteiger partial charge in [-0.15, -0.1) is 0 Å². The van der Waals surface area contributed by atoms with Gasteiger partial charge < -0.3 is 10.2 Å². The number of hydrogen-bond acceptors (Lipinski definition) is 2. The summed E-state index contributed by atoms with van der Waals surface area (Å²) in [6.45, 7) is 9.09. The third kappa shape index (κ3) is 3.60. The molecule has 1 unspecified atom stereocenters. The van der Waals surface area contributed by atoms with Crippen LogP contribution >= 0.6 is 0 Å². The second kappa shape index (κ2) is 6.89. The molecule has 1 N–H and O–H groups in total. The van der Waals surface area contributed by atoms with E-state index in [1.165, 1.54) is 0 Å². The van der Waals surface area contributed by atoms with Crippen molar-refractivity contribution in [2.75, 3.05) is 19.6 Å². The Morgan fingerprint density at radius 3 is 2.55 bits per heavy atom. The Balaban J connectivity index is 2.20. The summed E-state index contributed by atoms with van der Waals surface area (Å²) in [6.07, 6.45) is 3.28. The number of nitrogens with one attached hydrogen (secondary N) is 1. The SMILES string of the molecule is CCCN(C(=O)c1cc(C)cc(C)c1)C1CCCNC1. The zero-order valence-electron chi connectivity index (χ0n) is 12.9. The molecule has 3 nitrogen and oxygen atoms in total. The van der Waals surface area contributed by atoms with Gasteiger partial charge in [-0.25, -0.2) is 0 Å². The third-order valence-corrected chi connectivity index (χ3v) is 3.91. The van der Waals surface area contributed by atoms with E-state index < -0.39 is 0 Å². The molecule has 0 saturated carbocycles. The summed E-state index contributed by atoms with van der Waals surface area (Å²) in [4.78, 5) is 14.9. The van der Waals surface area contributed by atoms with Crippen LogP contribution in [0.4, 0.5) is 0 Å². The number of rotatable bonds is 4. The molecule has 20 heavy (non-hydrogen) atoms. The first kappa shape index (κ1) is 15.0. The number of amides is 1. The summed E-state index contributed by atoms with van der Waals surface area (Å²) in [5.41, 5.74) is 3.15. The minimum atomic E-state index is 0.187. The highest BCUT2D eigenvalue weighted by Crippen LogP contribution is 2.17. The lowest BCUT2D eigenvalue weighted by molar-refractivity contribution is 0.0649. The molecule has 1 fully saturated rings. The maximum absolute atomic E-state index is 12.8. The van der Waals surface area contributed by atoms with E-state index in [0.29, 0.717) is 6.04 Å². The van der Waals surface area contributed by atoms with Crippen molar-refractivity contribution in [1.82, 2.24) is 10.2 Å². The summed E-state index contributed by atoms with van der Waals surface area (Å²) < 4.78 is 0. The zero-order chi connectivity index (χ0) is 14.5. The lowest BCUT2D eigenvalue weighted by Crippen LogP contribution is -2.49. The predicted molar refractivity (Wildman–Crippen MR) is 83.1 cm³/mol. The van der Waals surface area contributed by atoms with E-state index in [9.17, 15) is 4.79 Å². The minimum absolute atomic E-state index is 0.187. The fourth-order valence-corrected chi connectivity index (χ4v) is 3.05. The van der Waals surface area contributed by atoms with Crippen LogP contribution in [0.2, 0.25) is 0 Å². The molecule has 0 bridgehead atoms. The van der Waals surface area contributed by atoms with Crippen molar-refractivity contribution in [3.63, 3.8) is 0 Å². The minimum Gasteiger partial charge on any atom is -0.334 e. The van der Waals surface area contributed by atoms with E-state index in [1.807, 2.05) is 12.1 Å². The van der Waals surface area contributed by atoms with Gasteiger partial charge in [0.15, 0.2) is 0 Å². The van der Waals surface area contributed by atoms with Crippen LogP contribution in [0.1, 0.15) is 47.7 Å². The summed E-state index contributed by atoms with van der Waals surface area (Å²) in [7, 11) is 0. The second-order valence-electron chi connectivity index (χ2n) is 5.88. The van der Waals surface area contributed by atoms with E-state index in [-0.39, 0.29) is 5.91 Å². The van der Waals surface area contributed by atoms with Crippen LogP contribution in [0.15, 0.2) is 18.2 Å². The molecule has 0 spiro atoms. The Labute approximate surface area is 122 Å². The monoisotopic (exact) mass is 274 g/mol. The average Bonchev–Trinajstić information content (AvgIpc) is 2.44. The Bertz CT molecular complexity index is 444. The van der Waals surface area contributed by atoms with Crippen molar-refractivity contribution in [2.45, 2.75) is 46.1 Å². The molecule has 110 valence electrons. The maximum Gasteiger partial charge on any atom is 0.254 e. The number of carbonyl (C=O) groups excluding carboxylic acids is 1. The van der Waals surface area contributed by atoms with Crippen molar-refractivity contribution >= 4 is 5.91 Å². The van der Waals surface area contributed by atoms with Crippen molar-refractivity contribution < 1.29 is 4.79 Å². The van der Waals surface area contributed by atoms with Crippen LogP contribution in [-0.2, 0) is 0 Å². The summed E-state index contributed by atoms with van der Waals surface area (Å²) >= 11 is 0. The maximum atomic E-state index is 12.8. The molecular formula is C17H26N2O. The van der Waals surface area contributed by atoms with E-state index in [2.05, 4.69) is 37.1 Å². The molecule has 1 saturated heterocycles. The van der Waals surface area contributed by atoms with E-state index in [0.717, 1.165) is 55.6 Å². The van der Waals surface area contributed by atoms with Gasteiger partial charge in [0.25, 0.3) is 5.91 Å².